The average Bonchev–Trinajstić information content (AvgIpc) is 2.18. The molecular weight excluding hydrogens is 116 g/mol. The van der Waals surface area contributed by atoms with E-state index in [1.165, 1.54) is 0 Å². The highest BCUT2D eigenvalue weighted by Gasteiger charge is 2.24. The lowest BCUT2D eigenvalue weighted by molar-refractivity contribution is 0.119. The molecule has 0 aromatic heterocycles. The minimum Gasteiger partial charge on any atom is -0.390 e. The number of terminal acetylenes is 1. The van der Waals surface area contributed by atoms with Gasteiger partial charge in [-0.1, -0.05) is 0 Å². The molecule has 1 saturated heterocycles. The van der Waals surface area contributed by atoms with Crippen LogP contribution in [0.3, 0.4) is 0 Å². The second kappa shape index (κ2) is 2.86. The second-order valence-corrected chi connectivity index (χ2v) is 2.27. The van der Waals surface area contributed by atoms with Crippen molar-refractivity contribution in [1.29, 1.82) is 0 Å². The summed E-state index contributed by atoms with van der Waals surface area (Å²) in [5.41, 5.74) is 0. The highest BCUT2D eigenvalue weighted by Crippen LogP contribution is 2.15. The van der Waals surface area contributed by atoms with Crippen molar-refractivity contribution in [3.8, 4) is 12.3 Å². The third-order valence-electron chi connectivity index (χ3n) is 1.54. The highest BCUT2D eigenvalue weighted by molar-refractivity contribution is 4.90. The molecular formula is C7H10O2. The Morgan fingerprint density at radius 2 is 2.44 bits per heavy atom. The van der Waals surface area contributed by atoms with Crippen molar-refractivity contribution in [2.24, 2.45) is 5.92 Å². The van der Waals surface area contributed by atoms with Gasteiger partial charge in [-0.2, -0.15) is 0 Å². The summed E-state index contributed by atoms with van der Waals surface area (Å²) in [6.07, 6.45) is 5.35. The Morgan fingerprint density at radius 3 is 2.89 bits per heavy atom. The van der Waals surface area contributed by atoms with Gasteiger partial charge >= 0.3 is 0 Å². The van der Waals surface area contributed by atoms with Gasteiger partial charge in [0.15, 0.2) is 0 Å². The summed E-state index contributed by atoms with van der Waals surface area (Å²) in [4.78, 5) is 0. The van der Waals surface area contributed by atoms with Crippen molar-refractivity contribution >= 4 is 0 Å². The molecule has 0 aromatic rings. The third kappa shape index (κ3) is 1.44. The molecule has 1 rings (SSSR count). The van der Waals surface area contributed by atoms with Crippen LogP contribution in [-0.4, -0.2) is 24.4 Å². The predicted molar refractivity (Wildman–Crippen MR) is 33.8 cm³/mol. The fourth-order valence-corrected chi connectivity index (χ4v) is 0.934. The van der Waals surface area contributed by atoms with Crippen LogP contribution in [0.15, 0.2) is 0 Å². The van der Waals surface area contributed by atoms with E-state index in [4.69, 9.17) is 16.3 Å². The van der Waals surface area contributed by atoms with Crippen LogP contribution in [0, 0.1) is 18.3 Å². The number of aliphatic hydroxyl groups is 1. The van der Waals surface area contributed by atoms with Gasteiger partial charge in [0, 0.05) is 12.3 Å². The maximum Gasteiger partial charge on any atom is 0.0832 e. The third-order valence-corrected chi connectivity index (χ3v) is 1.54. The molecule has 2 atom stereocenters. The minimum atomic E-state index is -0.332. The summed E-state index contributed by atoms with van der Waals surface area (Å²) >= 11 is 0. The van der Waals surface area contributed by atoms with E-state index in [2.05, 4.69) is 5.92 Å². The summed E-state index contributed by atoms with van der Waals surface area (Å²) in [6, 6.07) is 0. The Morgan fingerprint density at radius 1 is 1.67 bits per heavy atom. The first-order valence-corrected chi connectivity index (χ1v) is 3.04. The van der Waals surface area contributed by atoms with Gasteiger partial charge in [0.2, 0.25) is 0 Å². The topological polar surface area (TPSA) is 29.5 Å². The number of aliphatic hydroxyl groups excluding tert-OH is 1. The van der Waals surface area contributed by atoms with Gasteiger partial charge in [0.25, 0.3) is 0 Å². The van der Waals surface area contributed by atoms with Crippen LogP contribution in [0.2, 0.25) is 0 Å². The van der Waals surface area contributed by atoms with Crippen molar-refractivity contribution < 1.29 is 9.84 Å². The molecule has 1 fully saturated rings. The van der Waals surface area contributed by atoms with Gasteiger partial charge in [0.1, 0.15) is 0 Å². The molecule has 2 nitrogen and oxygen atoms in total. The maximum absolute atomic E-state index is 9.10. The molecule has 50 valence electrons. The van der Waals surface area contributed by atoms with Gasteiger partial charge in [0.05, 0.1) is 19.3 Å². The zero-order valence-electron chi connectivity index (χ0n) is 5.21. The van der Waals surface area contributed by atoms with E-state index >= 15 is 0 Å². The summed E-state index contributed by atoms with van der Waals surface area (Å²) in [5.74, 6) is 2.68. The van der Waals surface area contributed by atoms with Gasteiger partial charge in [-0.3, -0.25) is 0 Å². The van der Waals surface area contributed by atoms with Crippen LogP contribution in [0.4, 0.5) is 0 Å². The Bertz CT molecular complexity index is 125. The average molecular weight is 126 g/mol. The van der Waals surface area contributed by atoms with Gasteiger partial charge < -0.3 is 9.84 Å². The molecule has 2 heteroatoms. The lowest BCUT2D eigenvalue weighted by Crippen LogP contribution is -2.16. The minimum absolute atomic E-state index is 0.176. The van der Waals surface area contributed by atoms with Crippen molar-refractivity contribution in [3.63, 3.8) is 0 Å². The molecule has 0 bridgehead atoms. The molecule has 0 unspecified atom stereocenters. The van der Waals surface area contributed by atoms with Crippen molar-refractivity contribution in [2.45, 2.75) is 12.5 Å². The number of hydrogen-bond donors (Lipinski definition) is 1. The predicted octanol–water partition coefficient (Wildman–Crippen LogP) is 0.0170. The summed E-state index contributed by atoms with van der Waals surface area (Å²) in [7, 11) is 0. The van der Waals surface area contributed by atoms with Crippen molar-refractivity contribution in [2.75, 3.05) is 13.2 Å². The summed E-state index contributed by atoms with van der Waals surface area (Å²) in [6.45, 7) is 1.07. The molecule has 0 amide bonds. The molecule has 9 heavy (non-hydrogen) atoms. The van der Waals surface area contributed by atoms with Crippen LogP contribution >= 0.6 is 0 Å². The van der Waals surface area contributed by atoms with E-state index in [9.17, 15) is 0 Å². The maximum atomic E-state index is 9.10. The lowest BCUT2D eigenvalue weighted by atomic mass is 10.0. The van der Waals surface area contributed by atoms with E-state index < -0.39 is 0 Å². The normalized spacial score (nSPS) is 34.2. The van der Waals surface area contributed by atoms with Gasteiger partial charge in [-0.05, 0) is 0 Å². The van der Waals surface area contributed by atoms with E-state index in [0.717, 1.165) is 0 Å². The zero-order chi connectivity index (χ0) is 6.69. The van der Waals surface area contributed by atoms with Crippen LogP contribution < -0.4 is 0 Å². The summed E-state index contributed by atoms with van der Waals surface area (Å²) in [5, 5.41) is 9.10. The molecule has 0 saturated carbocycles. The van der Waals surface area contributed by atoms with Crippen LogP contribution in [-0.2, 0) is 4.74 Å². The number of ether oxygens (including phenoxy) is 1. The first-order chi connectivity index (χ1) is 4.34. The highest BCUT2D eigenvalue weighted by atomic mass is 16.5. The molecule has 0 aliphatic carbocycles. The Labute approximate surface area is 54.8 Å². The standard InChI is InChI=1S/C7H10O2/c1-2-3-6-4-9-5-7(6)8/h1,6-8H,3-5H2/t6-,7-/m1/s1. The van der Waals surface area contributed by atoms with Gasteiger partial charge in [-0.25, -0.2) is 0 Å². The monoisotopic (exact) mass is 126 g/mol. The van der Waals surface area contributed by atoms with Crippen LogP contribution in [0.25, 0.3) is 0 Å². The first kappa shape index (κ1) is 6.60. The quantitative estimate of drug-likeness (QED) is 0.502. The molecule has 0 spiro atoms. The van der Waals surface area contributed by atoms with Crippen LogP contribution in [0.5, 0.6) is 0 Å². The first-order valence-electron chi connectivity index (χ1n) is 3.04. The number of hydrogen-bond acceptors (Lipinski definition) is 2. The Kier molecular flexibility index (Phi) is 2.10. The molecule has 1 aliphatic heterocycles. The smallest absolute Gasteiger partial charge is 0.0832 e. The molecule has 0 radical (unpaired) electrons. The molecule has 1 N–H and O–H groups in total. The second-order valence-electron chi connectivity index (χ2n) is 2.27. The van der Waals surface area contributed by atoms with Crippen molar-refractivity contribution in [3.05, 3.63) is 0 Å². The molecule has 1 heterocycles. The molecule has 0 aromatic carbocycles. The molecule has 1 aliphatic rings. The SMILES string of the molecule is C#CC[C@@H]1COC[C@H]1O. The van der Waals surface area contributed by atoms with E-state index in [0.29, 0.717) is 19.6 Å². The van der Waals surface area contributed by atoms with Crippen molar-refractivity contribution in [1.82, 2.24) is 0 Å². The lowest BCUT2D eigenvalue weighted by Gasteiger charge is -2.05. The Balaban J connectivity index is 2.33. The number of rotatable bonds is 1. The zero-order valence-corrected chi connectivity index (χ0v) is 5.21. The van der Waals surface area contributed by atoms with E-state index in [1.54, 1.807) is 0 Å². The van der Waals surface area contributed by atoms with Gasteiger partial charge in [-0.15, -0.1) is 12.3 Å². The fraction of sp³-hybridized carbons (Fsp3) is 0.714. The fourth-order valence-electron chi connectivity index (χ4n) is 0.934. The van der Waals surface area contributed by atoms with E-state index in [1.807, 2.05) is 0 Å². The Hall–Kier alpha value is -0.520. The van der Waals surface area contributed by atoms with Crippen LogP contribution in [0.1, 0.15) is 6.42 Å². The van der Waals surface area contributed by atoms with E-state index in [-0.39, 0.29) is 12.0 Å². The largest absolute Gasteiger partial charge is 0.390 e. The summed E-state index contributed by atoms with van der Waals surface area (Å²) < 4.78 is 4.98.